The van der Waals surface area contributed by atoms with Crippen LogP contribution in [0.15, 0.2) is 41.3 Å². The van der Waals surface area contributed by atoms with E-state index in [9.17, 15) is 14.7 Å². The van der Waals surface area contributed by atoms with Crippen LogP contribution in [0.4, 0.5) is 10.1 Å². The number of benzene rings is 1. The molecule has 0 atom stereocenters. The topological polar surface area (TPSA) is 97.3 Å². The highest BCUT2D eigenvalue weighted by Crippen LogP contribution is 2.49. The molecule has 1 aromatic carbocycles. The number of hydrogen-bond acceptors (Lipinski definition) is 5. The van der Waals surface area contributed by atoms with Crippen molar-refractivity contribution >= 4 is 17.2 Å². The third-order valence-corrected chi connectivity index (χ3v) is 5.60. The molecule has 5 rings (SSSR count). The zero-order chi connectivity index (χ0) is 20.3. The molecule has 0 bridgehead atoms. The van der Waals surface area contributed by atoms with Crippen LogP contribution >= 0.6 is 0 Å². The first-order chi connectivity index (χ1) is 14.0. The van der Waals surface area contributed by atoms with Crippen molar-refractivity contribution in [3.63, 3.8) is 0 Å². The highest BCUT2D eigenvalue weighted by atomic mass is 19.1. The van der Waals surface area contributed by atoms with E-state index in [4.69, 9.17) is 10.5 Å². The number of ether oxygens (including phenoxy) is 1. The van der Waals surface area contributed by atoms with Gasteiger partial charge in [0.15, 0.2) is 11.6 Å². The summed E-state index contributed by atoms with van der Waals surface area (Å²) in [5, 5.41) is 9.40. The van der Waals surface area contributed by atoms with Crippen LogP contribution in [0.25, 0.3) is 16.6 Å². The molecule has 29 heavy (non-hydrogen) atoms. The average Bonchev–Trinajstić information content (AvgIpc) is 2.71. The predicted octanol–water partition coefficient (Wildman–Crippen LogP) is 2.84. The lowest BCUT2D eigenvalue weighted by atomic mass is 9.96. The summed E-state index contributed by atoms with van der Waals surface area (Å²) in [5.41, 5.74) is 6.68. The summed E-state index contributed by atoms with van der Waals surface area (Å²) in [6.07, 6.45) is 2.53. The monoisotopic (exact) mass is 395 g/mol. The minimum absolute atomic E-state index is 0.0815. The van der Waals surface area contributed by atoms with Crippen molar-refractivity contribution < 1.29 is 19.0 Å². The van der Waals surface area contributed by atoms with Gasteiger partial charge in [0.2, 0.25) is 0 Å². The first-order valence-corrected chi connectivity index (χ1v) is 9.38. The van der Waals surface area contributed by atoms with E-state index in [1.54, 1.807) is 12.1 Å². The second-order valence-corrected chi connectivity index (χ2v) is 7.37. The van der Waals surface area contributed by atoms with Gasteiger partial charge < -0.3 is 20.5 Å². The van der Waals surface area contributed by atoms with Crippen LogP contribution in [-0.4, -0.2) is 34.6 Å². The average molecular weight is 395 g/mol. The quantitative estimate of drug-likeness (QED) is 0.542. The third kappa shape index (κ3) is 2.60. The van der Waals surface area contributed by atoms with E-state index in [1.165, 1.54) is 6.07 Å². The highest BCUT2D eigenvalue weighted by molar-refractivity contribution is 6.00. The molecule has 2 aliphatic heterocycles. The van der Waals surface area contributed by atoms with Crippen molar-refractivity contribution in [1.29, 1.82) is 0 Å². The van der Waals surface area contributed by atoms with Gasteiger partial charge in [-0.25, -0.2) is 9.18 Å². The van der Waals surface area contributed by atoms with Gasteiger partial charge in [-0.3, -0.25) is 9.20 Å². The molecule has 2 aliphatic rings. The Balaban J connectivity index is 1.89. The molecule has 148 valence electrons. The number of carboxylic acids is 1. The highest BCUT2D eigenvalue weighted by Gasteiger charge is 2.31. The first-order valence-electron chi connectivity index (χ1n) is 9.38. The summed E-state index contributed by atoms with van der Waals surface area (Å²) in [5.74, 6) is -1.28. The zero-order valence-electron chi connectivity index (χ0n) is 15.4. The van der Waals surface area contributed by atoms with E-state index < -0.39 is 22.9 Å². The van der Waals surface area contributed by atoms with E-state index in [1.807, 2.05) is 17.0 Å². The number of nitrogens with zero attached hydrogens (tertiary/aromatic N) is 2. The van der Waals surface area contributed by atoms with Gasteiger partial charge in [0.05, 0.1) is 11.9 Å². The molecule has 2 aromatic heterocycles. The lowest BCUT2D eigenvalue weighted by Gasteiger charge is -2.35. The summed E-state index contributed by atoms with van der Waals surface area (Å²) in [6.45, 7) is 1.19. The van der Waals surface area contributed by atoms with Crippen LogP contribution in [0, 0.1) is 5.82 Å². The number of carboxylic acid groups (broad SMARTS) is 1. The molecule has 7 nitrogen and oxygen atoms in total. The summed E-state index contributed by atoms with van der Waals surface area (Å²) in [4.78, 5) is 26.2. The van der Waals surface area contributed by atoms with Crippen LogP contribution in [-0.2, 0) is 0 Å². The number of fused-ring (bicyclic) bond motifs is 2. The van der Waals surface area contributed by atoms with Crippen molar-refractivity contribution in [2.24, 2.45) is 5.73 Å². The molecule has 0 radical (unpaired) electrons. The number of piperidine rings is 1. The molecule has 0 spiro atoms. The van der Waals surface area contributed by atoms with E-state index in [0.717, 1.165) is 23.4 Å². The molecule has 1 saturated heterocycles. The minimum Gasteiger partial charge on any atom is -0.477 e. The maximum atomic E-state index is 15.4. The van der Waals surface area contributed by atoms with Crippen LogP contribution in [0.2, 0.25) is 0 Å². The number of hydrogen-bond donors (Lipinski definition) is 2. The fraction of sp³-hybridized carbons (Fsp3) is 0.238. The van der Waals surface area contributed by atoms with E-state index in [2.05, 4.69) is 0 Å². The van der Waals surface area contributed by atoms with Gasteiger partial charge >= 0.3 is 5.97 Å². The Kier molecular flexibility index (Phi) is 3.85. The molecular weight excluding hydrogens is 377 g/mol. The Morgan fingerprint density at radius 2 is 1.93 bits per heavy atom. The van der Waals surface area contributed by atoms with E-state index >= 15 is 4.39 Å². The van der Waals surface area contributed by atoms with Crippen molar-refractivity contribution in [1.82, 2.24) is 4.40 Å². The van der Waals surface area contributed by atoms with Crippen LogP contribution in [0.5, 0.6) is 11.5 Å². The van der Waals surface area contributed by atoms with Gasteiger partial charge in [-0.1, -0.05) is 18.2 Å². The Morgan fingerprint density at radius 1 is 1.21 bits per heavy atom. The van der Waals surface area contributed by atoms with Gasteiger partial charge in [-0.2, -0.15) is 0 Å². The molecule has 3 N–H and O–H groups in total. The number of nitrogens with two attached hydrogens (primary N) is 1. The van der Waals surface area contributed by atoms with Gasteiger partial charge in [0, 0.05) is 36.3 Å². The molecule has 0 unspecified atom stereocenters. The molecule has 0 saturated carbocycles. The molecule has 0 amide bonds. The number of pyridine rings is 2. The number of aromatic nitrogens is 1. The second-order valence-electron chi connectivity index (χ2n) is 7.37. The standard InChI is InChI=1S/C21H18FN3O4/c22-14-10-25-19-16(9-13(20(25)26)21(27)28)29-15-4-2-1-3-12(15)17(19)18(14)24-7-5-11(23)6-8-24/h1-4,9-11H,5-8,23H2,(H,27,28). The molecule has 1 fully saturated rings. The Hall–Kier alpha value is -3.39. The van der Waals surface area contributed by atoms with E-state index in [0.29, 0.717) is 41.2 Å². The number of aromatic carboxylic acids is 1. The largest absolute Gasteiger partial charge is 0.477 e. The van der Waals surface area contributed by atoms with Crippen LogP contribution in [0.1, 0.15) is 23.2 Å². The third-order valence-electron chi connectivity index (χ3n) is 5.60. The summed E-state index contributed by atoms with van der Waals surface area (Å²) in [7, 11) is 0. The lowest BCUT2D eigenvalue weighted by Crippen LogP contribution is -2.40. The maximum Gasteiger partial charge on any atom is 0.341 e. The number of carbonyl (C=O) groups is 1. The van der Waals surface area contributed by atoms with Crippen molar-refractivity contribution in [3.05, 3.63) is 58.3 Å². The predicted molar refractivity (Wildman–Crippen MR) is 106 cm³/mol. The number of halogens is 1. The van der Waals surface area contributed by atoms with Crippen molar-refractivity contribution in [2.45, 2.75) is 18.9 Å². The lowest BCUT2D eigenvalue weighted by molar-refractivity contribution is 0.0694. The van der Waals surface area contributed by atoms with Crippen molar-refractivity contribution in [3.8, 4) is 22.6 Å². The fourth-order valence-electron chi connectivity index (χ4n) is 4.18. The van der Waals surface area contributed by atoms with Gasteiger partial charge in [-0.05, 0) is 18.9 Å². The first kappa shape index (κ1) is 17.7. The Morgan fingerprint density at radius 3 is 2.66 bits per heavy atom. The SMILES string of the molecule is NC1CCN(c2c(F)cn3c(=O)c(C(=O)O)cc4c3c2-c2ccccc2O4)CC1. The van der Waals surface area contributed by atoms with Gasteiger partial charge in [0.25, 0.3) is 5.56 Å². The molecular formula is C21H18FN3O4. The zero-order valence-corrected chi connectivity index (χ0v) is 15.4. The fourth-order valence-corrected chi connectivity index (χ4v) is 4.18. The number of rotatable bonds is 2. The number of anilines is 1. The molecule has 8 heteroatoms. The van der Waals surface area contributed by atoms with E-state index in [-0.39, 0.29) is 11.8 Å². The van der Waals surface area contributed by atoms with Crippen LogP contribution in [0.3, 0.4) is 0 Å². The molecule has 4 heterocycles. The Labute approximate surface area is 164 Å². The normalized spacial score (nSPS) is 15.9. The molecule has 3 aromatic rings. The van der Waals surface area contributed by atoms with Crippen molar-refractivity contribution in [2.75, 3.05) is 18.0 Å². The summed E-state index contributed by atoms with van der Waals surface area (Å²) in [6, 6.07) is 8.44. The van der Waals surface area contributed by atoms with Gasteiger partial charge in [0.1, 0.15) is 16.8 Å². The minimum atomic E-state index is -1.39. The van der Waals surface area contributed by atoms with Crippen LogP contribution < -0.4 is 20.9 Å². The summed E-state index contributed by atoms with van der Waals surface area (Å²) >= 11 is 0. The maximum absolute atomic E-state index is 15.4. The molecule has 0 aliphatic carbocycles. The Bertz CT molecular complexity index is 1230. The number of para-hydroxylation sites is 1. The van der Waals surface area contributed by atoms with Gasteiger partial charge in [-0.15, -0.1) is 0 Å². The summed E-state index contributed by atoms with van der Waals surface area (Å²) < 4.78 is 22.3. The smallest absolute Gasteiger partial charge is 0.341 e. The second kappa shape index (κ2) is 6.31.